The molecule has 0 saturated carbocycles. The number of amides is 3. The molecule has 0 atom stereocenters. The number of ether oxygens (including phenoxy) is 1. The van der Waals surface area contributed by atoms with Gasteiger partial charge >= 0.3 is 12.0 Å². The first kappa shape index (κ1) is 15.7. The quantitative estimate of drug-likeness (QED) is 0.404. The first-order chi connectivity index (χ1) is 8.10. The molecule has 0 aromatic rings. The Kier molecular flexibility index (Phi) is 9.14. The Balaban J connectivity index is 3.51. The van der Waals surface area contributed by atoms with Gasteiger partial charge in [-0.2, -0.15) is 0 Å². The molecule has 0 radical (unpaired) electrons. The van der Waals surface area contributed by atoms with Crippen molar-refractivity contribution in [2.24, 2.45) is 0 Å². The van der Waals surface area contributed by atoms with Crippen molar-refractivity contribution in [3.8, 4) is 0 Å². The minimum Gasteiger partial charge on any atom is -0.466 e. The Morgan fingerprint density at radius 2 is 1.94 bits per heavy atom. The minimum absolute atomic E-state index is 0.0950. The van der Waals surface area contributed by atoms with Gasteiger partial charge in [-0.15, -0.1) is 11.6 Å². The molecule has 0 aliphatic heterocycles. The number of carbonyl (C=O) groups excluding carboxylic acids is 3. The van der Waals surface area contributed by atoms with Crippen molar-refractivity contribution < 1.29 is 19.1 Å². The summed E-state index contributed by atoms with van der Waals surface area (Å²) in [6.07, 6.45) is 0.803. The molecular formula is C10H17ClN2O4. The lowest BCUT2D eigenvalue weighted by molar-refractivity contribution is -0.143. The Hall–Kier alpha value is -1.30. The van der Waals surface area contributed by atoms with Gasteiger partial charge in [-0.1, -0.05) is 0 Å². The van der Waals surface area contributed by atoms with E-state index in [4.69, 9.17) is 16.3 Å². The zero-order valence-corrected chi connectivity index (χ0v) is 10.5. The van der Waals surface area contributed by atoms with Crippen molar-refractivity contribution in [3.63, 3.8) is 0 Å². The number of carbonyl (C=O) groups is 3. The maximum atomic E-state index is 11.1. The van der Waals surface area contributed by atoms with Gasteiger partial charge in [-0.25, -0.2) is 4.79 Å². The second kappa shape index (κ2) is 9.89. The van der Waals surface area contributed by atoms with Crippen LogP contribution in [0, 0.1) is 0 Å². The third-order valence-corrected chi connectivity index (χ3v) is 1.91. The fraction of sp³-hybridized carbons (Fsp3) is 0.700. The van der Waals surface area contributed by atoms with E-state index >= 15 is 0 Å². The number of hydrogen-bond acceptors (Lipinski definition) is 4. The van der Waals surface area contributed by atoms with Crippen molar-refractivity contribution in [1.82, 2.24) is 10.6 Å². The highest BCUT2D eigenvalue weighted by atomic mass is 35.5. The standard InChI is InChI=1S/C10H17ClN2O4/c1-2-17-9(15)4-3-7-12-10(16)13-8(14)5-6-11/h2-7H2,1H3,(H2,12,13,14,16). The average molecular weight is 265 g/mol. The van der Waals surface area contributed by atoms with E-state index in [2.05, 4.69) is 10.6 Å². The molecule has 0 rings (SSSR count). The van der Waals surface area contributed by atoms with Crippen LogP contribution in [-0.2, 0) is 14.3 Å². The van der Waals surface area contributed by atoms with Gasteiger partial charge in [0.25, 0.3) is 0 Å². The van der Waals surface area contributed by atoms with Crippen LogP contribution >= 0.6 is 11.6 Å². The largest absolute Gasteiger partial charge is 0.466 e. The maximum absolute atomic E-state index is 11.1. The predicted molar refractivity (Wildman–Crippen MR) is 62.7 cm³/mol. The highest BCUT2D eigenvalue weighted by Gasteiger charge is 2.06. The van der Waals surface area contributed by atoms with E-state index in [1.807, 2.05) is 0 Å². The van der Waals surface area contributed by atoms with Crippen molar-refractivity contribution in [1.29, 1.82) is 0 Å². The van der Waals surface area contributed by atoms with E-state index in [0.29, 0.717) is 19.6 Å². The van der Waals surface area contributed by atoms with Crippen molar-refractivity contribution >= 4 is 29.5 Å². The van der Waals surface area contributed by atoms with Crippen molar-refractivity contribution in [2.75, 3.05) is 19.0 Å². The molecule has 0 fully saturated rings. The molecule has 0 heterocycles. The van der Waals surface area contributed by atoms with E-state index < -0.39 is 11.9 Å². The van der Waals surface area contributed by atoms with E-state index in [9.17, 15) is 14.4 Å². The fourth-order valence-corrected chi connectivity index (χ4v) is 1.16. The Morgan fingerprint density at radius 3 is 2.53 bits per heavy atom. The molecule has 6 nitrogen and oxygen atoms in total. The highest BCUT2D eigenvalue weighted by Crippen LogP contribution is 1.91. The zero-order chi connectivity index (χ0) is 13.1. The van der Waals surface area contributed by atoms with Crippen LogP contribution in [0.3, 0.4) is 0 Å². The van der Waals surface area contributed by atoms with Crippen LogP contribution in [0.25, 0.3) is 0 Å². The Morgan fingerprint density at radius 1 is 1.24 bits per heavy atom. The topological polar surface area (TPSA) is 84.5 Å². The summed E-state index contributed by atoms with van der Waals surface area (Å²) in [5.74, 6) is -0.557. The lowest BCUT2D eigenvalue weighted by atomic mass is 10.3. The number of halogens is 1. The monoisotopic (exact) mass is 264 g/mol. The van der Waals surface area contributed by atoms with E-state index in [1.165, 1.54) is 0 Å². The van der Waals surface area contributed by atoms with Crippen LogP contribution in [0.4, 0.5) is 4.79 Å². The third-order valence-electron chi connectivity index (χ3n) is 1.72. The molecule has 17 heavy (non-hydrogen) atoms. The van der Waals surface area contributed by atoms with Crippen LogP contribution in [0.1, 0.15) is 26.2 Å². The van der Waals surface area contributed by atoms with Crippen LogP contribution in [-0.4, -0.2) is 36.9 Å². The summed E-state index contributed by atoms with van der Waals surface area (Å²) in [4.78, 5) is 33.0. The van der Waals surface area contributed by atoms with E-state index in [1.54, 1.807) is 6.92 Å². The fourth-order valence-electron chi connectivity index (χ4n) is 0.987. The molecule has 0 aromatic carbocycles. The molecule has 7 heteroatoms. The highest BCUT2D eigenvalue weighted by molar-refractivity contribution is 6.19. The first-order valence-electron chi connectivity index (χ1n) is 5.39. The number of alkyl halides is 1. The summed E-state index contributed by atoms with van der Waals surface area (Å²) in [7, 11) is 0. The summed E-state index contributed by atoms with van der Waals surface area (Å²) in [5, 5.41) is 4.55. The summed E-state index contributed by atoms with van der Waals surface area (Å²) in [5.41, 5.74) is 0. The SMILES string of the molecule is CCOC(=O)CCCNC(=O)NC(=O)CCCl. The average Bonchev–Trinajstić information content (AvgIpc) is 2.25. The lowest BCUT2D eigenvalue weighted by Crippen LogP contribution is -2.40. The molecule has 3 amide bonds. The van der Waals surface area contributed by atoms with Crippen molar-refractivity contribution in [2.45, 2.75) is 26.2 Å². The van der Waals surface area contributed by atoms with Crippen LogP contribution < -0.4 is 10.6 Å². The summed E-state index contributed by atoms with van der Waals surface area (Å²) < 4.78 is 4.71. The molecule has 0 aromatic heterocycles. The first-order valence-corrected chi connectivity index (χ1v) is 5.92. The zero-order valence-electron chi connectivity index (χ0n) is 9.75. The van der Waals surface area contributed by atoms with Crippen LogP contribution in [0.5, 0.6) is 0 Å². The van der Waals surface area contributed by atoms with E-state index in [0.717, 1.165) is 0 Å². The molecule has 0 bridgehead atoms. The molecule has 98 valence electrons. The Bertz CT molecular complexity index is 271. The normalized spacial score (nSPS) is 9.53. The molecule has 0 aliphatic rings. The molecule has 0 saturated heterocycles. The second-order valence-electron chi connectivity index (χ2n) is 3.15. The number of rotatable bonds is 7. The van der Waals surface area contributed by atoms with E-state index in [-0.39, 0.29) is 24.7 Å². The van der Waals surface area contributed by atoms with Gasteiger partial charge in [0.1, 0.15) is 0 Å². The predicted octanol–water partition coefficient (Wildman–Crippen LogP) is 0.784. The second-order valence-corrected chi connectivity index (χ2v) is 3.53. The van der Waals surface area contributed by atoms with Gasteiger partial charge in [0.15, 0.2) is 0 Å². The molecule has 0 unspecified atom stereocenters. The van der Waals surface area contributed by atoms with Crippen LogP contribution in [0.2, 0.25) is 0 Å². The molecule has 0 spiro atoms. The summed E-state index contributed by atoms with van der Waals surface area (Å²) >= 11 is 5.33. The summed E-state index contributed by atoms with van der Waals surface area (Å²) in [6, 6.07) is -0.580. The van der Waals surface area contributed by atoms with Gasteiger partial charge in [-0.3, -0.25) is 14.9 Å². The van der Waals surface area contributed by atoms with Gasteiger partial charge in [-0.05, 0) is 13.3 Å². The van der Waals surface area contributed by atoms with Gasteiger partial charge in [0, 0.05) is 25.3 Å². The Labute approximate surface area is 105 Å². The number of imide groups is 1. The van der Waals surface area contributed by atoms with Gasteiger partial charge in [0.05, 0.1) is 6.61 Å². The van der Waals surface area contributed by atoms with Crippen LogP contribution in [0.15, 0.2) is 0 Å². The smallest absolute Gasteiger partial charge is 0.321 e. The number of urea groups is 1. The number of hydrogen-bond donors (Lipinski definition) is 2. The van der Waals surface area contributed by atoms with Gasteiger partial charge < -0.3 is 10.1 Å². The maximum Gasteiger partial charge on any atom is 0.321 e. The van der Waals surface area contributed by atoms with Gasteiger partial charge in [0.2, 0.25) is 5.91 Å². The van der Waals surface area contributed by atoms with Crippen molar-refractivity contribution in [3.05, 3.63) is 0 Å². The number of esters is 1. The lowest BCUT2D eigenvalue weighted by Gasteiger charge is -2.05. The number of nitrogens with one attached hydrogen (secondary N) is 2. The minimum atomic E-state index is -0.580. The molecule has 2 N–H and O–H groups in total. The molecule has 0 aliphatic carbocycles. The third kappa shape index (κ3) is 9.62. The summed E-state index contributed by atoms with van der Waals surface area (Å²) in [6.45, 7) is 2.38. The molecular weight excluding hydrogens is 248 g/mol.